The highest BCUT2D eigenvalue weighted by Gasteiger charge is 2.15. The SMILES string of the molecule is Cc1cc(CC(=O)CCc2ccc(-c3cc(NC(=O)c4ccc(N5CCN(C)CC5)cc4)n[nH]3)cc2)no1. The van der Waals surface area contributed by atoms with E-state index in [4.69, 9.17) is 4.52 Å². The fourth-order valence-electron chi connectivity index (χ4n) is 4.54. The van der Waals surface area contributed by atoms with E-state index in [9.17, 15) is 9.59 Å². The van der Waals surface area contributed by atoms with Crippen molar-refractivity contribution < 1.29 is 14.1 Å². The summed E-state index contributed by atoms with van der Waals surface area (Å²) in [7, 11) is 2.13. The summed E-state index contributed by atoms with van der Waals surface area (Å²) in [6.45, 7) is 5.86. The van der Waals surface area contributed by atoms with Gasteiger partial charge in [-0.15, -0.1) is 0 Å². The average Bonchev–Trinajstić information content (AvgIpc) is 3.57. The van der Waals surface area contributed by atoms with E-state index in [1.54, 1.807) is 6.07 Å². The summed E-state index contributed by atoms with van der Waals surface area (Å²) >= 11 is 0. The van der Waals surface area contributed by atoms with Crippen molar-refractivity contribution in [1.29, 1.82) is 0 Å². The third-order valence-electron chi connectivity index (χ3n) is 6.83. The molecule has 0 atom stereocenters. The van der Waals surface area contributed by atoms with Gasteiger partial charge in [-0.3, -0.25) is 14.7 Å². The molecule has 9 nitrogen and oxygen atoms in total. The van der Waals surface area contributed by atoms with Gasteiger partial charge < -0.3 is 19.6 Å². The van der Waals surface area contributed by atoms with Gasteiger partial charge in [0.25, 0.3) is 5.91 Å². The van der Waals surface area contributed by atoms with E-state index in [-0.39, 0.29) is 11.7 Å². The molecule has 0 radical (unpaired) electrons. The zero-order valence-electron chi connectivity index (χ0n) is 21.7. The molecular formula is C29H32N6O3. The van der Waals surface area contributed by atoms with E-state index >= 15 is 0 Å². The Kier molecular flexibility index (Phi) is 7.65. The van der Waals surface area contributed by atoms with Crippen LogP contribution in [0.5, 0.6) is 0 Å². The number of nitrogens with one attached hydrogen (secondary N) is 2. The minimum absolute atomic E-state index is 0.130. The molecule has 5 rings (SSSR count). The number of anilines is 2. The van der Waals surface area contributed by atoms with E-state index in [2.05, 4.69) is 37.5 Å². The Labute approximate surface area is 221 Å². The van der Waals surface area contributed by atoms with Crippen LogP contribution in [-0.4, -0.2) is 65.2 Å². The van der Waals surface area contributed by atoms with Crippen molar-refractivity contribution in [1.82, 2.24) is 20.3 Å². The molecule has 2 aromatic carbocycles. The molecule has 1 amide bonds. The molecule has 196 valence electrons. The predicted octanol–water partition coefficient (Wildman–Crippen LogP) is 4.12. The lowest BCUT2D eigenvalue weighted by atomic mass is 10.0. The topological polar surface area (TPSA) is 107 Å². The highest BCUT2D eigenvalue weighted by molar-refractivity contribution is 6.04. The van der Waals surface area contributed by atoms with Crippen molar-refractivity contribution in [3.05, 3.63) is 83.2 Å². The molecule has 0 spiro atoms. The molecule has 0 bridgehead atoms. The van der Waals surface area contributed by atoms with Gasteiger partial charge >= 0.3 is 0 Å². The molecular weight excluding hydrogens is 480 g/mol. The number of carbonyl (C=O) groups is 2. The summed E-state index contributed by atoms with van der Waals surface area (Å²) in [5.74, 6) is 1.10. The molecule has 3 heterocycles. The Morgan fingerprint density at radius 1 is 1.00 bits per heavy atom. The Morgan fingerprint density at radius 2 is 1.74 bits per heavy atom. The second-order valence-corrected chi connectivity index (χ2v) is 9.80. The van der Waals surface area contributed by atoms with Gasteiger partial charge in [0.1, 0.15) is 11.5 Å². The van der Waals surface area contributed by atoms with Crippen molar-refractivity contribution in [2.75, 3.05) is 43.4 Å². The van der Waals surface area contributed by atoms with Crippen LogP contribution in [0.1, 0.15) is 33.8 Å². The Bertz CT molecular complexity index is 1380. The fraction of sp³-hybridized carbons (Fsp3) is 0.310. The Morgan fingerprint density at radius 3 is 2.42 bits per heavy atom. The molecule has 4 aromatic rings. The van der Waals surface area contributed by atoms with Crippen LogP contribution >= 0.6 is 0 Å². The minimum atomic E-state index is -0.200. The normalized spacial score (nSPS) is 14.0. The van der Waals surface area contributed by atoms with Crippen molar-refractivity contribution >= 4 is 23.2 Å². The lowest BCUT2D eigenvalue weighted by Gasteiger charge is -2.34. The molecule has 0 aliphatic carbocycles. The zero-order chi connectivity index (χ0) is 26.5. The maximum atomic E-state index is 12.8. The maximum absolute atomic E-state index is 12.8. The van der Waals surface area contributed by atoms with Crippen LogP contribution in [-0.2, 0) is 17.6 Å². The maximum Gasteiger partial charge on any atom is 0.256 e. The van der Waals surface area contributed by atoms with Gasteiger partial charge in [0.15, 0.2) is 5.82 Å². The van der Waals surface area contributed by atoms with Crippen molar-refractivity contribution in [2.24, 2.45) is 0 Å². The highest BCUT2D eigenvalue weighted by atomic mass is 16.5. The van der Waals surface area contributed by atoms with E-state index in [0.29, 0.717) is 42.1 Å². The molecule has 1 aliphatic heterocycles. The third kappa shape index (κ3) is 6.36. The van der Waals surface area contributed by atoms with Crippen LogP contribution in [0.2, 0.25) is 0 Å². The number of aromatic amines is 1. The second-order valence-electron chi connectivity index (χ2n) is 9.80. The minimum Gasteiger partial charge on any atom is -0.369 e. The van der Waals surface area contributed by atoms with Gasteiger partial charge in [-0.05, 0) is 55.8 Å². The monoisotopic (exact) mass is 512 g/mol. The first-order valence-electron chi connectivity index (χ1n) is 12.9. The van der Waals surface area contributed by atoms with Crippen LogP contribution in [0.25, 0.3) is 11.3 Å². The number of likely N-dealkylation sites (N-methyl/N-ethyl adjacent to an activating group) is 1. The first-order chi connectivity index (χ1) is 18.4. The molecule has 0 saturated carbocycles. The number of benzene rings is 2. The van der Waals surface area contributed by atoms with Gasteiger partial charge in [-0.25, -0.2) is 0 Å². The summed E-state index contributed by atoms with van der Waals surface area (Å²) < 4.78 is 5.02. The number of ketones is 1. The number of Topliss-reactive ketones (excluding diaryl/α,β-unsaturated/α-hetero) is 1. The van der Waals surface area contributed by atoms with Gasteiger partial charge in [-0.1, -0.05) is 29.4 Å². The van der Waals surface area contributed by atoms with Crippen molar-refractivity contribution in [3.63, 3.8) is 0 Å². The van der Waals surface area contributed by atoms with Gasteiger partial charge in [-0.2, -0.15) is 5.10 Å². The van der Waals surface area contributed by atoms with E-state index in [1.165, 1.54) is 0 Å². The van der Waals surface area contributed by atoms with Crippen LogP contribution < -0.4 is 10.2 Å². The lowest BCUT2D eigenvalue weighted by molar-refractivity contribution is -0.118. The lowest BCUT2D eigenvalue weighted by Crippen LogP contribution is -2.44. The molecule has 2 N–H and O–H groups in total. The van der Waals surface area contributed by atoms with Gasteiger partial charge in [0, 0.05) is 56.0 Å². The molecule has 2 aromatic heterocycles. The zero-order valence-corrected chi connectivity index (χ0v) is 21.7. The second kappa shape index (κ2) is 11.4. The van der Waals surface area contributed by atoms with Gasteiger partial charge in [0.2, 0.25) is 0 Å². The number of hydrogen-bond acceptors (Lipinski definition) is 7. The Hall–Kier alpha value is -4.24. The van der Waals surface area contributed by atoms with Crippen LogP contribution in [0.4, 0.5) is 11.5 Å². The van der Waals surface area contributed by atoms with E-state index < -0.39 is 0 Å². The largest absolute Gasteiger partial charge is 0.369 e. The number of rotatable bonds is 9. The third-order valence-corrected chi connectivity index (χ3v) is 6.83. The standard InChI is InChI=1S/C29H32N6O3/c1-20-17-24(33-38-20)18-26(36)12-5-21-3-6-22(7-4-21)27-19-28(32-31-27)30-29(37)23-8-10-25(11-9-23)35-15-13-34(2)14-16-35/h3-4,6-11,17,19H,5,12-16,18H2,1-2H3,(H2,30,31,32,37). The summed E-state index contributed by atoms with van der Waals surface area (Å²) in [4.78, 5) is 29.7. The number of amides is 1. The fourth-order valence-corrected chi connectivity index (χ4v) is 4.54. The number of aryl methyl sites for hydroxylation is 2. The predicted molar refractivity (Wildman–Crippen MR) is 146 cm³/mol. The molecule has 1 saturated heterocycles. The number of nitrogens with zero attached hydrogens (tertiary/aromatic N) is 4. The first kappa shape index (κ1) is 25.4. The number of H-pyrrole nitrogens is 1. The molecule has 1 aliphatic rings. The number of hydrogen-bond donors (Lipinski definition) is 2. The van der Waals surface area contributed by atoms with E-state index in [1.807, 2.05) is 61.5 Å². The quantitative estimate of drug-likeness (QED) is 0.347. The van der Waals surface area contributed by atoms with Crippen molar-refractivity contribution in [3.8, 4) is 11.3 Å². The first-order valence-corrected chi connectivity index (χ1v) is 12.9. The molecule has 0 unspecified atom stereocenters. The number of aromatic nitrogens is 3. The summed E-state index contributed by atoms with van der Waals surface area (Å²) in [5, 5.41) is 14.0. The number of carbonyl (C=O) groups excluding carboxylic acids is 2. The summed E-state index contributed by atoms with van der Waals surface area (Å²) in [6.07, 6.45) is 1.40. The molecule has 38 heavy (non-hydrogen) atoms. The van der Waals surface area contributed by atoms with Crippen LogP contribution in [0.15, 0.2) is 65.2 Å². The number of piperazine rings is 1. The Balaban J connectivity index is 1.13. The summed E-state index contributed by atoms with van der Waals surface area (Å²) in [6, 6.07) is 19.3. The van der Waals surface area contributed by atoms with Crippen LogP contribution in [0, 0.1) is 6.92 Å². The van der Waals surface area contributed by atoms with Gasteiger partial charge in [0.05, 0.1) is 17.8 Å². The molecule has 9 heteroatoms. The summed E-state index contributed by atoms with van der Waals surface area (Å²) in [5.41, 5.74) is 5.22. The van der Waals surface area contributed by atoms with Crippen molar-refractivity contribution in [2.45, 2.75) is 26.2 Å². The van der Waals surface area contributed by atoms with Crippen LogP contribution in [0.3, 0.4) is 0 Å². The smallest absolute Gasteiger partial charge is 0.256 e. The van der Waals surface area contributed by atoms with E-state index in [0.717, 1.165) is 48.7 Å². The highest BCUT2D eigenvalue weighted by Crippen LogP contribution is 2.22. The average molecular weight is 513 g/mol. The molecule has 1 fully saturated rings.